The number of carbonyl (C=O) groups is 2. The van der Waals surface area contributed by atoms with Crippen LogP contribution in [0.5, 0.6) is 23.3 Å². The highest BCUT2D eigenvalue weighted by Crippen LogP contribution is 2.43. The lowest BCUT2D eigenvalue weighted by Crippen LogP contribution is -2.19. The van der Waals surface area contributed by atoms with Gasteiger partial charge in [-0.3, -0.25) is 4.79 Å². The van der Waals surface area contributed by atoms with E-state index in [4.69, 9.17) is 55.9 Å². The smallest absolute Gasteiger partial charge is 0.416 e. The fraction of sp³-hybridized carbons (Fsp3) is 0.0741. The highest BCUT2D eigenvalue weighted by molar-refractivity contribution is 6.54. The highest BCUT2D eigenvalue weighted by atomic mass is 35.5. The predicted molar refractivity (Wildman–Crippen MR) is 149 cm³/mol. The predicted octanol–water partition coefficient (Wildman–Crippen LogP) is 10.3. The van der Waals surface area contributed by atoms with Crippen LogP contribution in [0, 0.1) is 0 Å². The molecule has 0 fully saturated rings. The Bertz CT molecular complexity index is 1780. The Morgan fingerprint density at radius 2 is 1.20 bits per heavy atom. The maximum atomic E-state index is 13.3. The van der Waals surface area contributed by atoms with E-state index in [1.807, 2.05) is 0 Å². The second kappa shape index (κ2) is 12.6. The van der Waals surface area contributed by atoms with Crippen molar-refractivity contribution in [1.82, 2.24) is 4.98 Å². The van der Waals surface area contributed by atoms with Crippen molar-refractivity contribution >= 4 is 64.0 Å². The van der Waals surface area contributed by atoms with Gasteiger partial charge < -0.3 is 19.9 Å². The van der Waals surface area contributed by atoms with E-state index in [1.165, 1.54) is 6.07 Å². The summed E-state index contributed by atoms with van der Waals surface area (Å²) in [5, 5.41) is 9.82. The molecular formula is C27H12Cl4F6N2O5. The Morgan fingerprint density at radius 3 is 1.70 bits per heavy atom. The Kier molecular flexibility index (Phi) is 9.45. The molecule has 4 rings (SSSR count). The second-order valence-electron chi connectivity index (χ2n) is 8.52. The lowest BCUT2D eigenvalue weighted by atomic mass is 10.1. The standard InChI is InChI=1S/C27H12Cl4F6N2O5/c28-19-17(18(25(41)42)20(29)22(31)21(19)30)23(40)38-15-7-8-16(43-13-5-1-3-11(9-13)26(32,33)34)39-24(15)44-14-6-2-4-12(10-14)27(35,36)37/h1-10H,(H,38,40)(H,41,42). The number of carboxylic acid groups (broad SMARTS) is 1. The van der Waals surface area contributed by atoms with E-state index in [0.29, 0.717) is 12.1 Å². The molecule has 0 bridgehead atoms. The molecule has 0 atom stereocenters. The Hall–Kier alpha value is -3.91. The van der Waals surface area contributed by atoms with Gasteiger partial charge in [-0.2, -0.15) is 31.3 Å². The van der Waals surface area contributed by atoms with Crippen LogP contribution in [0.2, 0.25) is 20.1 Å². The second-order valence-corrected chi connectivity index (χ2v) is 10.0. The molecule has 0 saturated carbocycles. The zero-order chi connectivity index (χ0) is 32.6. The highest BCUT2D eigenvalue weighted by Gasteiger charge is 2.32. The molecule has 3 aromatic carbocycles. The minimum atomic E-state index is -4.75. The molecule has 4 aromatic rings. The zero-order valence-electron chi connectivity index (χ0n) is 21.1. The molecule has 1 aromatic heterocycles. The maximum absolute atomic E-state index is 13.3. The third kappa shape index (κ3) is 7.24. The largest absolute Gasteiger partial charge is 0.478 e. The molecule has 0 spiro atoms. The van der Waals surface area contributed by atoms with Crippen LogP contribution in [-0.4, -0.2) is 22.0 Å². The molecule has 2 N–H and O–H groups in total. The van der Waals surface area contributed by atoms with Crippen molar-refractivity contribution in [3.05, 3.63) is 103 Å². The molecule has 44 heavy (non-hydrogen) atoms. The van der Waals surface area contributed by atoms with Gasteiger partial charge in [0.1, 0.15) is 17.2 Å². The molecule has 1 amide bonds. The molecule has 230 valence electrons. The third-order valence-electron chi connectivity index (χ3n) is 5.55. The summed E-state index contributed by atoms with van der Waals surface area (Å²) in [6, 6.07) is 9.41. The van der Waals surface area contributed by atoms with Gasteiger partial charge in [0.15, 0.2) is 0 Å². The number of nitrogens with zero attached hydrogens (tertiary/aromatic N) is 1. The number of pyridine rings is 1. The van der Waals surface area contributed by atoms with E-state index < -0.39 is 84.1 Å². The first-order chi connectivity index (χ1) is 20.5. The number of ether oxygens (including phenoxy) is 2. The number of anilines is 1. The summed E-state index contributed by atoms with van der Waals surface area (Å²) < 4.78 is 90.2. The van der Waals surface area contributed by atoms with E-state index in [-0.39, 0.29) is 11.4 Å². The SMILES string of the molecule is O=C(O)c1c(Cl)c(Cl)c(Cl)c(Cl)c1C(=O)Nc1ccc(Oc2cccc(C(F)(F)F)c2)nc1Oc1cccc(C(F)(F)F)c1. The summed E-state index contributed by atoms with van der Waals surface area (Å²) >= 11 is 24.0. The molecule has 7 nitrogen and oxygen atoms in total. The van der Waals surface area contributed by atoms with Crippen LogP contribution in [0.15, 0.2) is 60.7 Å². The van der Waals surface area contributed by atoms with Gasteiger partial charge in [0, 0.05) is 6.07 Å². The van der Waals surface area contributed by atoms with Crippen LogP contribution in [0.4, 0.5) is 32.0 Å². The number of benzene rings is 3. The topological polar surface area (TPSA) is 97.8 Å². The number of aromatic carboxylic acids is 1. The Balaban J connectivity index is 1.78. The van der Waals surface area contributed by atoms with Crippen LogP contribution in [0.25, 0.3) is 0 Å². The summed E-state index contributed by atoms with van der Waals surface area (Å²) in [6.45, 7) is 0. The number of aromatic nitrogens is 1. The summed E-state index contributed by atoms with van der Waals surface area (Å²) in [6.07, 6.45) is -9.45. The van der Waals surface area contributed by atoms with Crippen molar-refractivity contribution in [2.24, 2.45) is 0 Å². The van der Waals surface area contributed by atoms with E-state index in [1.54, 1.807) is 0 Å². The lowest BCUT2D eigenvalue weighted by Gasteiger charge is -2.17. The molecule has 0 saturated heterocycles. The van der Waals surface area contributed by atoms with Crippen LogP contribution in [0.3, 0.4) is 0 Å². The van der Waals surface area contributed by atoms with Crippen LogP contribution in [-0.2, 0) is 12.4 Å². The van der Waals surface area contributed by atoms with E-state index in [9.17, 15) is 41.0 Å². The van der Waals surface area contributed by atoms with Crippen molar-refractivity contribution in [3.8, 4) is 23.3 Å². The number of carboxylic acids is 1. The number of carbonyl (C=O) groups excluding carboxylic acids is 1. The van der Waals surface area contributed by atoms with Crippen molar-refractivity contribution in [1.29, 1.82) is 0 Å². The molecule has 0 aliphatic carbocycles. The van der Waals surface area contributed by atoms with Gasteiger partial charge in [0.05, 0.1) is 42.3 Å². The van der Waals surface area contributed by atoms with Crippen LogP contribution >= 0.6 is 46.4 Å². The van der Waals surface area contributed by atoms with Crippen molar-refractivity contribution < 1.29 is 50.5 Å². The first-order valence-corrected chi connectivity index (χ1v) is 13.1. The Labute approximate surface area is 262 Å². The number of rotatable bonds is 7. The van der Waals surface area contributed by atoms with Gasteiger partial charge in [0.2, 0.25) is 11.8 Å². The van der Waals surface area contributed by atoms with Crippen molar-refractivity contribution in [2.75, 3.05) is 5.32 Å². The summed E-state index contributed by atoms with van der Waals surface area (Å²) in [5.41, 5.74) is -4.04. The molecule has 0 radical (unpaired) electrons. The van der Waals surface area contributed by atoms with Gasteiger partial charge in [-0.15, -0.1) is 0 Å². The summed E-state index contributed by atoms with van der Waals surface area (Å²) in [7, 11) is 0. The van der Waals surface area contributed by atoms with Crippen LogP contribution in [0.1, 0.15) is 31.8 Å². The van der Waals surface area contributed by atoms with Crippen LogP contribution < -0.4 is 14.8 Å². The molecule has 0 aliphatic heterocycles. The monoisotopic (exact) mass is 698 g/mol. The van der Waals surface area contributed by atoms with Gasteiger partial charge >= 0.3 is 18.3 Å². The zero-order valence-corrected chi connectivity index (χ0v) is 24.1. The summed E-state index contributed by atoms with van der Waals surface area (Å²) in [5.74, 6) is -4.66. The number of hydrogen-bond acceptors (Lipinski definition) is 5. The number of alkyl halides is 6. The molecule has 0 aliphatic rings. The Morgan fingerprint density at radius 1 is 0.705 bits per heavy atom. The molecule has 0 unspecified atom stereocenters. The minimum Gasteiger partial charge on any atom is -0.478 e. The fourth-order valence-electron chi connectivity index (χ4n) is 3.59. The summed E-state index contributed by atoms with van der Waals surface area (Å²) in [4.78, 5) is 29.2. The van der Waals surface area contributed by atoms with Gasteiger partial charge in [-0.1, -0.05) is 58.5 Å². The number of amides is 1. The third-order valence-corrected chi connectivity index (χ3v) is 7.35. The molecule has 17 heteroatoms. The number of halogens is 10. The average Bonchev–Trinajstić information content (AvgIpc) is 2.94. The van der Waals surface area contributed by atoms with Gasteiger partial charge in [0.25, 0.3) is 5.91 Å². The minimum absolute atomic E-state index is 0.308. The maximum Gasteiger partial charge on any atom is 0.416 e. The number of nitrogens with one attached hydrogen (secondary N) is 1. The van der Waals surface area contributed by atoms with E-state index in [2.05, 4.69) is 10.3 Å². The normalized spacial score (nSPS) is 11.7. The average molecular weight is 700 g/mol. The van der Waals surface area contributed by atoms with Crippen molar-refractivity contribution in [3.63, 3.8) is 0 Å². The lowest BCUT2D eigenvalue weighted by molar-refractivity contribution is -0.138. The first kappa shape index (κ1) is 33.0. The van der Waals surface area contributed by atoms with Gasteiger partial charge in [-0.25, -0.2) is 4.79 Å². The van der Waals surface area contributed by atoms with E-state index >= 15 is 0 Å². The molecular weight excluding hydrogens is 688 g/mol. The number of hydrogen-bond donors (Lipinski definition) is 2. The van der Waals surface area contributed by atoms with E-state index in [0.717, 1.165) is 42.5 Å². The first-order valence-electron chi connectivity index (χ1n) is 11.6. The van der Waals surface area contributed by atoms with Gasteiger partial charge in [-0.05, 0) is 42.5 Å². The fourth-order valence-corrected chi connectivity index (χ4v) is 4.61. The quantitative estimate of drug-likeness (QED) is 0.113. The molecule has 1 heterocycles. The van der Waals surface area contributed by atoms with Crippen molar-refractivity contribution in [2.45, 2.75) is 12.4 Å².